The monoisotopic (exact) mass is 454 g/mol. The predicted molar refractivity (Wildman–Crippen MR) is 122 cm³/mol. The number of hydroxylamine groups is 2. The summed E-state index contributed by atoms with van der Waals surface area (Å²) >= 11 is 0. The molecule has 1 aliphatic rings. The number of ether oxygens (including phenoxy) is 1. The summed E-state index contributed by atoms with van der Waals surface area (Å²) in [7, 11) is 1.33. The van der Waals surface area contributed by atoms with Crippen LogP contribution in [0.4, 0.5) is 4.79 Å². The maximum Gasteiger partial charge on any atom is 0.407 e. The Balaban J connectivity index is 1.70. The van der Waals surface area contributed by atoms with Crippen LogP contribution in [0.15, 0.2) is 48.5 Å². The Morgan fingerprint density at radius 1 is 1.03 bits per heavy atom. The first-order valence-electron chi connectivity index (χ1n) is 10.8. The molecule has 3 rings (SSSR count). The Morgan fingerprint density at radius 3 is 2.06 bits per heavy atom. The van der Waals surface area contributed by atoms with Gasteiger partial charge in [0, 0.05) is 5.92 Å². The molecule has 2 aromatic rings. The zero-order valence-electron chi connectivity index (χ0n) is 19.3. The van der Waals surface area contributed by atoms with Crippen molar-refractivity contribution in [2.24, 2.45) is 5.41 Å². The molecule has 0 heterocycles. The summed E-state index contributed by atoms with van der Waals surface area (Å²) in [5.74, 6) is -2.02. The number of aliphatic carboxylic acids is 1. The van der Waals surface area contributed by atoms with E-state index in [9.17, 15) is 19.5 Å². The Kier molecular flexibility index (Phi) is 7.38. The third-order valence-electron chi connectivity index (χ3n) is 5.40. The second-order valence-corrected chi connectivity index (χ2v) is 9.24. The van der Waals surface area contributed by atoms with Crippen molar-refractivity contribution in [3.05, 3.63) is 59.7 Å². The second-order valence-electron chi connectivity index (χ2n) is 9.24. The number of amides is 2. The molecule has 176 valence electrons. The Hall–Kier alpha value is -3.39. The highest BCUT2D eigenvalue weighted by molar-refractivity contribution is 5.88. The van der Waals surface area contributed by atoms with Crippen LogP contribution in [-0.2, 0) is 19.2 Å². The van der Waals surface area contributed by atoms with Crippen LogP contribution < -0.4 is 5.32 Å². The van der Waals surface area contributed by atoms with Gasteiger partial charge in [-0.1, -0.05) is 69.3 Å². The number of fused-ring (bicyclic) bond motifs is 3. The van der Waals surface area contributed by atoms with Crippen molar-refractivity contribution in [2.75, 3.05) is 20.3 Å². The Morgan fingerprint density at radius 2 is 1.58 bits per heavy atom. The average Bonchev–Trinajstić information content (AvgIpc) is 3.08. The molecule has 0 aliphatic heterocycles. The van der Waals surface area contributed by atoms with E-state index in [0.29, 0.717) is 0 Å². The molecule has 0 saturated carbocycles. The fourth-order valence-corrected chi connectivity index (χ4v) is 3.99. The van der Waals surface area contributed by atoms with Gasteiger partial charge in [-0.05, 0) is 27.7 Å². The van der Waals surface area contributed by atoms with E-state index in [0.717, 1.165) is 27.3 Å². The minimum Gasteiger partial charge on any atom is -0.481 e. The van der Waals surface area contributed by atoms with Crippen molar-refractivity contribution >= 4 is 18.0 Å². The molecule has 2 aromatic carbocycles. The molecular formula is C25H30N2O6. The van der Waals surface area contributed by atoms with Gasteiger partial charge in [0.2, 0.25) is 0 Å². The number of rotatable bonds is 8. The van der Waals surface area contributed by atoms with Crippen LogP contribution in [0.25, 0.3) is 11.1 Å². The lowest BCUT2D eigenvalue weighted by Crippen LogP contribution is -2.51. The first-order chi connectivity index (χ1) is 15.6. The first kappa shape index (κ1) is 24.3. The number of nitrogens with zero attached hydrogens (tertiary/aromatic N) is 1. The molecule has 0 radical (unpaired) electrons. The van der Waals surface area contributed by atoms with Crippen LogP contribution in [0.2, 0.25) is 0 Å². The zero-order chi connectivity index (χ0) is 24.2. The molecule has 2 amide bonds. The molecule has 0 bridgehead atoms. The molecule has 2 N–H and O–H groups in total. The molecule has 8 heteroatoms. The first-order valence-corrected chi connectivity index (χ1v) is 10.8. The molecule has 0 saturated heterocycles. The van der Waals surface area contributed by atoms with E-state index < -0.39 is 30.4 Å². The summed E-state index contributed by atoms with van der Waals surface area (Å²) in [6, 6.07) is 14.6. The van der Waals surface area contributed by atoms with Gasteiger partial charge < -0.3 is 15.2 Å². The molecule has 0 spiro atoms. The summed E-state index contributed by atoms with van der Waals surface area (Å²) in [5, 5.41) is 12.7. The van der Waals surface area contributed by atoms with Gasteiger partial charge >= 0.3 is 12.1 Å². The lowest BCUT2D eigenvalue weighted by Gasteiger charge is -2.30. The van der Waals surface area contributed by atoms with E-state index in [4.69, 9.17) is 9.57 Å². The van der Waals surface area contributed by atoms with Crippen LogP contribution in [0.1, 0.15) is 44.2 Å². The maximum atomic E-state index is 12.9. The van der Waals surface area contributed by atoms with Crippen molar-refractivity contribution in [1.29, 1.82) is 0 Å². The van der Waals surface area contributed by atoms with Gasteiger partial charge in [-0.2, -0.15) is 0 Å². The maximum absolute atomic E-state index is 12.9. The third-order valence-corrected chi connectivity index (χ3v) is 5.40. The van der Waals surface area contributed by atoms with Crippen LogP contribution >= 0.6 is 0 Å². The van der Waals surface area contributed by atoms with E-state index in [1.54, 1.807) is 0 Å². The number of carbonyl (C=O) groups is 3. The van der Waals surface area contributed by atoms with E-state index in [1.807, 2.05) is 69.3 Å². The molecule has 1 aliphatic carbocycles. The van der Waals surface area contributed by atoms with Gasteiger partial charge in [-0.15, -0.1) is 0 Å². The van der Waals surface area contributed by atoms with E-state index in [2.05, 4.69) is 5.32 Å². The standard InChI is InChI=1S/C25H30N2O6/c1-25(2,3)15-27(32-4)23(30)21(13-22(28)29)26-24(31)33-14-20-18-11-7-5-9-16(18)17-10-6-8-12-19(17)20/h5-12,20-21H,13-15H2,1-4H3,(H,26,31)(H,28,29). The van der Waals surface area contributed by atoms with Gasteiger partial charge in [0.15, 0.2) is 0 Å². The lowest BCUT2D eigenvalue weighted by molar-refractivity contribution is -0.185. The third kappa shape index (κ3) is 5.90. The number of alkyl carbamates (subject to hydrolysis) is 1. The highest BCUT2D eigenvalue weighted by Gasteiger charge is 2.33. The van der Waals surface area contributed by atoms with Crippen LogP contribution in [0, 0.1) is 5.41 Å². The fraction of sp³-hybridized carbons (Fsp3) is 0.400. The normalized spacial score (nSPS) is 13.6. The molecule has 1 unspecified atom stereocenters. The van der Waals surface area contributed by atoms with E-state index in [-0.39, 0.29) is 24.5 Å². The van der Waals surface area contributed by atoms with Crippen LogP contribution in [-0.4, -0.2) is 54.4 Å². The lowest BCUT2D eigenvalue weighted by atomic mass is 9.96. The van der Waals surface area contributed by atoms with Gasteiger partial charge in [-0.3, -0.25) is 14.4 Å². The van der Waals surface area contributed by atoms with E-state index >= 15 is 0 Å². The van der Waals surface area contributed by atoms with Gasteiger partial charge in [0.05, 0.1) is 20.1 Å². The summed E-state index contributed by atoms with van der Waals surface area (Å²) < 4.78 is 5.46. The van der Waals surface area contributed by atoms with Crippen LogP contribution in [0.3, 0.4) is 0 Å². The number of hydrogen-bond donors (Lipinski definition) is 2. The largest absolute Gasteiger partial charge is 0.481 e. The SMILES string of the molecule is CON(CC(C)(C)C)C(=O)C(CC(=O)O)NC(=O)OCC1c2ccccc2-c2ccccc21. The number of nitrogens with one attached hydrogen (secondary N) is 1. The summed E-state index contributed by atoms with van der Waals surface area (Å²) in [6.07, 6.45) is -1.45. The quantitative estimate of drug-likeness (QED) is 0.588. The van der Waals surface area contributed by atoms with Gasteiger partial charge in [0.25, 0.3) is 5.91 Å². The number of hydrogen-bond acceptors (Lipinski definition) is 5. The molecule has 33 heavy (non-hydrogen) atoms. The number of carboxylic acid groups (broad SMARTS) is 1. The van der Waals surface area contributed by atoms with E-state index in [1.165, 1.54) is 7.11 Å². The molecule has 8 nitrogen and oxygen atoms in total. The second kappa shape index (κ2) is 10.0. The van der Waals surface area contributed by atoms with Crippen molar-refractivity contribution in [1.82, 2.24) is 10.4 Å². The zero-order valence-corrected chi connectivity index (χ0v) is 19.3. The van der Waals surface area contributed by atoms with Crippen LogP contribution in [0.5, 0.6) is 0 Å². The average molecular weight is 455 g/mol. The molecular weight excluding hydrogens is 424 g/mol. The van der Waals surface area contributed by atoms with Crippen molar-refractivity contribution < 1.29 is 29.1 Å². The molecule has 0 aromatic heterocycles. The summed E-state index contributed by atoms with van der Waals surface area (Å²) in [5.41, 5.74) is 4.02. The topological polar surface area (TPSA) is 105 Å². The highest BCUT2D eigenvalue weighted by Crippen LogP contribution is 2.44. The van der Waals surface area contributed by atoms with Gasteiger partial charge in [-0.25, -0.2) is 9.86 Å². The summed E-state index contributed by atoms with van der Waals surface area (Å²) in [4.78, 5) is 41.9. The summed E-state index contributed by atoms with van der Waals surface area (Å²) in [6.45, 7) is 6.03. The Labute approximate surface area is 193 Å². The van der Waals surface area contributed by atoms with Crippen molar-refractivity contribution in [2.45, 2.75) is 39.2 Å². The number of carbonyl (C=O) groups excluding carboxylic acids is 2. The van der Waals surface area contributed by atoms with Crippen molar-refractivity contribution in [3.8, 4) is 11.1 Å². The molecule has 1 atom stereocenters. The minimum absolute atomic E-state index is 0.0594. The molecule has 0 fully saturated rings. The Bertz CT molecular complexity index is 984. The fourth-order valence-electron chi connectivity index (χ4n) is 3.99. The smallest absolute Gasteiger partial charge is 0.407 e. The number of benzene rings is 2. The highest BCUT2D eigenvalue weighted by atomic mass is 16.7. The predicted octanol–water partition coefficient (Wildman–Crippen LogP) is 3.80. The number of carboxylic acids is 1. The van der Waals surface area contributed by atoms with Crippen molar-refractivity contribution in [3.63, 3.8) is 0 Å². The minimum atomic E-state index is -1.32. The van der Waals surface area contributed by atoms with Gasteiger partial charge in [0.1, 0.15) is 12.6 Å².